The van der Waals surface area contributed by atoms with Gasteiger partial charge < -0.3 is 4.90 Å². The van der Waals surface area contributed by atoms with E-state index in [0.717, 1.165) is 12.8 Å². The van der Waals surface area contributed by atoms with Gasteiger partial charge in [-0.05, 0) is 44.4 Å². The van der Waals surface area contributed by atoms with Crippen LogP contribution in [-0.2, 0) is 10.2 Å². The number of carbonyl (C=O) groups is 1. The summed E-state index contributed by atoms with van der Waals surface area (Å²) in [6.07, 6.45) is 2.37. The molecule has 0 N–H and O–H groups in total. The number of nitrogens with zero attached hydrogens (tertiary/aromatic N) is 4. The molecular formula is C20H25FN4O3S. The van der Waals surface area contributed by atoms with Crippen molar-refractivity contribution in [2.24, 2.45) is 0 Å². The number of aromatic nitrogens is 1. The van der Waals surface area contributed by atoms with Crippen molar-refractivity contribution in [3.63, 3.8) is 0 Å². The van der Waals surface area contributed by atoms with Gasteiger partial charge in [0, 0.05) is 56.4 Å². The largest absolute Gasteiger partial charge is 0.337 e. The highest BCUT2D eigenvalue weighted by Gasteiger charge is 2.33. The van der Waals surface area contributed by atoms with Gasteiger partial charge in [-0.2, -0.15) is 17.0 Å². The lowest BCUT2D eigenvalue weighted by molar-refractivity contribution is 0.0766. The standard InChI is InChI=1S/C20H25FN4O3S/c1-15-13-18(17-6-5-16(21)14-19(17)22-15)20(26)23-7-4-10-25(12-11-23)29(27,28)24-8-2-3-9-24/h5-6,13-14H,2-4,7-12H2,1H3. The fourth-order valence-corrected chi connectivity index (χ4v) is 5.81. The first-order chi connectivity index (χ1) is 13.9. The highest BCUT2D eigenvalue weighted by atomic mass is 32.2. The molecule has 29 heavy (non-hydrogen) atoms. The van der Waals surface area contributed by atoms with Crippen molar-refractivity contribution in [2.45, 2.75) is 26.2 Å². The van der Waals surface area contributed by atoms with Crippen molar-refractivity contribution in [1.29, 1.82) is 0 Å². The SMILES string of the molecule is Cc1cc(C(=O)N2CCCN(S(=O)(=O)N3CCCC3)CC2)c2ccc(F)cc2n1. The molecule has 2 fully saturated rings. The molecule has 0 unspecified atom stereocenters. The van der Waals surface area contributed by atoms with E-state index in [4.69, 9.17) is 0 Å². The molecular weight excluding hydrogens is 395 g/mol. The molecule has 1 amide bonds. The van der Waals surface area contributed by atoms with Crippen LogP contribution in [0.5, 0.6) is 0 Å². The molecule has 2 aromatic rings. The highest BCUT2D eigenvalue weighted by Crippen LogP contribution is 2.23. The van der Waals surface area contributed by atoms with E-state index in [2.05, 4.69) is 4.98 Å². The normalized spacial score (nSPS) is 19.6. The molecule has 0 aliphatic carbocycles. The van der Waals surface area contributed by atoms with Crippen molar-refractivity contribution in [3.05, 3.63) is 41.3 Å². The van der Waals surface area contributed by atoms with Gasteiger partial charge in [0.2, 0.25) is 0 Å². The summed E-state index contributed by atoms with van der Waals surface area (Å²) in [5, 5.41) is 0.604. The minimum absolute atomic E-state index is 0.174. The van der Waals surface area contributed by atoms with Crippen LogP contribution in [-0.4, -0.2) is 72.1 Å². The number of benzene rings is 1. The Morgan fingerprint density at radius 2 is 1.66 bits per heavy atom. The van der Waals surface area contributed by atoms with E-state index >= 15 is 0 Å². The molecule has 2 aliphatic heterocycles. The van der Waals surface area contributed by atoms with Crippen molar-refractivity contribution in [2.75, 3.05) is 39.3 Å². The van der Waals surface area contributed by atoms with E-state index < -0.39 is 16.0 Å². The van der Waals surface area contributed by atoms with Gasteiger partial charge in [-0.3, -0.25) is 9.78 Å². The van der Waals surface area contributed by atoms with Crippen LogP contribution < -0.4 is 0 Å². The van der Waals surface area contributed by atoms with Gasteiger partial charge in [-0.15, -0.1) is 0 Å². The molecule has 156 valence electrons. The first kappa shape index (κ1) is 20.2. The average Bonchev–Trinajstić information content (AvgIpc) is 3.12. The van der Waals surface area contributed by atoms with Gasteiger partial charge in [0.25, 0.3) is 16.1 Å². The number of hydrogen-bond donors (Lipinski definition) is 0. The molecule has 1 aromatic carbocycles. The molecule has 0 atom stereocenters. The van der Waals surface area contributed by atoms with E-state index in [-0.39, 0.29) is 12.5 Å². The second-order valence-corrected chi connectivity index (χ2v) is 9.56. The van der Waals surface area contributed by atoms with Gasteiger partial charge in [0.1, 0.15) is 5.82 Å². The number of pyridine rings is 1. The van der Waals surface area contributed by atoms with Crippen molar-refractivity contribution < 1.29 is 17.6 Å². The van der Waals surface area contributed by atoms with Crippen LogP contribution in [0.25, 0.3) is 10.9 Å². The van der Waals surface area contributed by atoms with Gasteiger partial charge in [-0.25, -0.2) is 4.39 Å². The highest BCUT2D eigenvalue weighted by molar-refractivity contribution is 7.86. The zero-order chi connectivity index (χ0) is 20.6. The maximum atomic E-state index is 13.6. The molecule has 4 rings (SSSR count). The lowest BCUT2D eigenvalue weighted by Crippen LogP contribution is -2.44. The molecule has 7 nitrogen and oxygen atoms in total. The quantitative estimate of drug-likeness (QED) is 0.763. The summed E-state index contributed by atoms with van der Waals surface area (Å²) in [5.41, 5.74) is 1.56. The molecule has 9 heteroatoms. The Balaban J connectivity index is 1.56. The summed E-state index contributed by atoms with van der Waals surface area (Å²) in [6, 6.07) is 5.94. The fraction of sp³-hybridized carbons (Fsp3) is 0.500. The summed E-state index contributed by atoms with van der Waals surface area (Å²) >= 11 is 0. The number of aryl methyl sites for hydroxylation is 1. The van der Waals surface area contributed by atoms with E-state index in [1.54, 1.807) is 28.3 Å². The third-order valence-electron chi connectivity index (χ3n) is 5.59. The van der Waals surface area contributed by atoms with Crippen LogP contribution in [0.2, 0.25) is 0 Å². The Hall–Kier alpha value is -2.10. The summed E-state index contributed by atoms with van der Waals surface area (Å²) in [7, 11) is -3.47. The van der Waals surface area contributed by atoms with Gasteiger partial charge in [0.05, 0.1) is 11.1 Å². The lowest BCUT2D eigenvalue weighted by Gasteiger charge is -2.26. The average molecular weight is 421 g/mol. The first-order valence-electron chi connectivity index (χ1n) is 9.98. The van der Waals surface area contributed by atoms with Gasteiger partial charge in [-0.1, -0.05) is 0 Å². The van der Waals surface area contributed by atoms with Crippen LogP contribution in [0.15, 0.2) is 24.3 Å². The Morgan fingerprint density at radius 1 is 0.966 bits per heavy atom. The summed E-state index contributed by atoms with van der Waals surface area (Å²) < 4.78 is 42.3. The summed E-state index contributed by atoms with van der Waals surface area (Å²) in [4.78, 5) is 19.3. The summed E-state index contributed by atoms with van der Waals surface area (Å²) in [6.45, 7) is 4.41. The maximum absolute atomic E-state index is 13.6. The number of fused-ring (bicyclic) bond motifs is 1. The second-order valence-electron chi connectivity index (χ2n) is 7.63. The van der Waals surface area contributed by atoms with Crippen LogP contribution in [0, 0.1) is 12.7 Å². The van der Waals surface area contributed by atoms with Crippen LogP contribution >= 0.6 is 0 Å². The number of halogens is 1. The second kappa shape index (κ2) is 7.97. The first-order valence-corrected chi connectivity index (χ1v) is 11.4. The van der Waals surface area contributed by atoms with Crippen molar-refractivity contribution in [3.8, 4) is 0 Å². The van der Waals surface area contributed by atoms with Gasteiger partial charge >= 0.3 is 0 Å². The molecule has 3 heterocycles. The van der Waals surface area contributed by atoms with Crippen molar-refractivity contribution >= 4 is 27.0 Å². The maximum Gasteiger partial charge on any atom is 0.282 e. The Morgan fingerprint density at radius 3 is 2.41 bits per heavy atom. The molecule has 0 spiro atoms. The monoisotopic (exact) mass is 420 g/mol. The minimum atomic E-state index is -3.47. The fourth-order valence-electron chi connectivity index (χ4n) is 4.09. The van der Waals surface area contributed by atoms with E-state index in [0.29, 0.717) is 61.3 Å². The third-order valence-corrected chi connectivity index (χ3v) is 7.63. The van der Waals surface area contributed by atoms with Crippen molar-refractivity contribution in [1.82, 2.24) is 18.5 Å². The van der Waals surface area contributed by atoms with E-state index in [9.17, 15) is 17.6 Å². The van der Waals surface area contributed by atoms with E-state index in [1.807, 2.05) is 0 Å². The van der Waals surface area contributed by atoms with Crippen LogP contribution in [0.4, 0.5) is 4.39 Å². The Kier molecular flexibility index (Phi) is 5.54. The van der Waals surface area contributed by atoms with Gasteiger partial charge in [0.15, 0.2) is 0 Å². The predicted octanol–water partition coefficient (Wildman–Crippen LogP) is 2.17. The Bertz CT molecular complexity index is 1030. The summed E-state index contributed by atoms with van der Waals surface area (Å²) in [5.74, 6) is -0.570. The number of carbonyl (C=O) groups excluding carboxylic acids is 1. The molecule has 2 aliphatic rings. The molecule has 0 bridgehead atoms. The smallest absolute Gasteiger partial charge is 0.282 e. The molecule has 0 saturated carbocycles. The van der Waals surface area contributed by atoms with Crippen LogP contribution in [0.1, 0.15) is 35.3 Å². The number of rotatable bonds is 3. The predicted molar refractivity (Wildman–Crippen MR) is 108 cm³/mol. The lowest BCUT2D eigenvalue weighted by atomic mass is 10.1. The number of amides is 1. The topological polar surface area (TPSA) is 73.8 Å². The zero-order valence-corrected chi connectivity index (χ0v) is 17.3. The van der Waals surface area contributed by atoms with Crippen LogP contribution in [0.3, 0.4) is 0 Å². The molecule has 1 aromatic heterocycles. The molecule has 2 saturated heterocycles. The number of hydrogen-bond acceptors (Lipinski definition) is 4. The zero-order valence-electron chi connectivity index (χ0n) is 16.5. The third kappa shape index (κ3) is 3.99. The van der Waals surface area contributed by atoms with E-state index in [1.165, 1.54) is 16.4 Å². The molecule has 0 radical (unpaired) electrons. The Labute approximate surface area is 170 Å². The minimum Gasteiger partial charge on any atom is -0.337 e.